The van der Waals surface area contributed by atoms with E-state index >= 15 is 0 Å². The zero-order chi connectivity index (χ0) is 19.4. The average Bonchev–Trinajstić information content (AvgIpc) is 2.54. The molecule has 1 unspecified atom stereocenters. The van der Waals surface area contributed by atoms with Crippen LogP contribution in [0.5, 0.6) is 0 Å². The lowest BCUT2D eigenvalue weighted by molar-refractivity contribution is -0.0688. The number of hydrogen-bond acceptors (Lipinski definition) is 3. The monoisotopic (exact) mass is 390 g/mol. The Hall–Kier alpha value is -1.56. The minimum absolute atomic E-state index is 0.116. The molecule has 1 amide bonds. The fraction of sp³-hybridized carbons (Fsp3) is 0.667. The highest BCUT2D eigenvalue weighted by Crippen LogP contribution is 2.61. The van der Waals surface area contributed by atoms with E-state index in [2.05, 4.69) is 17.0 Å². The maximum absolute atomic E-state index is 12.9. The van der Waals surface area contributed by atoms with Crippen LogP contribution in [0.3, 0.4) is 0 Å². The fourth-order valence-electron chi connectivity index (χ4n) is 6.21. The van der Waals surface area contributed by atoms with Gasteiger partial charge >= 0.3 is 0 Å². The van der Waals surface area contributed by atoms with Crippen molar-refractivity contribution in [2.75, 3.05) is 11.0 Å². The second-order valence-corrected chi connectivity index (χ2v) is 11.1. The molecule has 2 N–H and O–H groups in total. The number of anilines is 1. The number of rotatable bonds is 5. The van der Waals surface area contributed by atoms with Gasteiger partial charge in [-0.05, 0) is 93.2 Å². The van der Waals surface area contributed by atoms with Crippen molar-refractivity contribution in [2.24, 2.45) is 23.2 Å². The number of sulfonamides is 1. The van der Waals surface area contributed by atoms with E-state index in [-0.39, 0.29) is 17.4 Å². The first-order chi connectivity index (χ1) is 12.6. The van der Waals surface area contributed by atoms with Gasteiger partial charge in [-0.2, -0.15) is 0 Å². The van der Waals surface area contributed by atoms with Crippen LogP contribution < -0.4 is 10.0 Å². The van der Waals surface area contributed by atoms with Gasteiger partial charge in [0.2, 0.25) is 10.0 Å². The predicted octanol–water partition coefficient (Wildman–Crippen LogP) is 3.70. The number of aryl methyl sites for hydroxylation is 1. The lowest BCUT2D eigenvalue weighted by atomic mass is 9.48. The molecule has 0 heterocycles. The van der Waals surface area contributed by atoms with Gasteiger partial charge in [0, 0.05) is 11.6 Å². The van der Waals surface area contributed by atoms with Gasteiger partial charge in [0.1, 0.15) is 0 Å². The van der Waals surface area contributed by atoms with Crippen LogP contribution in [0, 0.1) is 30.1 Å². The van der Waals surface area contributed by atoms with Crippen molar-refractivity contribution in [3.8, 4) is 0 Å². The van der Waals surface area contributed by atoms with Crippen LogP contribution in [0.2, 0.25) is 0 Å². The molecule has 148 valence electrons. The lowest BCUT2D eigenvalue weighted by Crippen LogP contribution is -2.55. The second kappa shape index (κ2) is 6.50. The van der Waals surface area contributed by atoms with E-state index in [1.807, 2.05) is 6.92 Å². The first-order valence-corrected chi connectivity index (χ1v) is 11.9. The van der Waals surface area contributed by atoms with Crippen LogP contribution in [0.25, 0.3) is 0 Å². The van der Waals surface area contributed by atoms with Crippen molar-refractivity contribution in [2.45, 2.75) is 58.4 Å². The van der Waals surface area contributed by atoms with Gasteiger partial charge in [-0.25, -0.2) is 8.42 Å². The molecule has 0 saturated heterocycles. The van der Waals surface area contributed by atoms with Crippen LogP contribution in [0.1, 0.15) is 61.4 Å². The summed E-state index contributed by atoms with van der Waals surface area (Å²) in [5.74, 6) is 2.43. The molecule has 1 aromatic carbocycles. The fourth-order valence-corrected chi connectivity index (χ4v) is 6.83. The van der Waals surface area contributed by atoms with E-state index in [4.69, 9.17) is 0 Å². The van der Waals surface area contributed by atoms with E-state index in [9.17, 15) is 13.2 Å². The van der Waals surface area contributed by atoms with E-state index in [1.54, 1.807) is 18.2 Å². The highest BCUT2D eigenvalue weighted by Gasteiger charge is 2.53. The predicted molar refractivity (Wildman–Crippen MR) is 107 cm³/mol. The zero-order valence-corrected chi connectivity index (χ0v) is 17.2. The summed E-state index contributed by atoms with van der Waals surface area (Å²) < 4.78 is 25.6. The van der Waals surface area contributed by atoms with Gasteiger partial charge in [-0.1, -0.05) is 6.07 Å². The van der Waals surface area contributed by atoms with E-state index < -0.39 is 10.0 Å². The van der Waals surface area contributed by atoms with E-state index in [1.165, 1.54) is 38.5 Å². The van der Waals surface area contributed by atoms with Crippen LogP contribution in [-0.4, -0.2) is 26.6 Å². The number of amides is 1. The molecule has 5 nitrogen and oxygen atoms in total. The van der Waals surface area contributed by atoms with Crippen LogP contribution >= 0.6 is 0 Å². The van der Waals surface area contributed by atoms with Gasteiger partial charge in [-0.3, -0.25) is 9.52 Å². The third kappa shape index (κ3) is 3.73. The minimum atomic E-state index is -3.38. The quantitative estimate of drug-likeness (QED) is 0.805. The summed E-state index contributed by atoms with van der Waals surface area (Å²) in [4.78, 5) is 12.9. The van der Waals surface area contributed by atoms with E-state index in [0.29, 0.717) is 11.3 Å². The van der Waals surface area contributed by atoms with Crippen molar-refractivity contribution in [3.63, 3.8) is 0 Å². The molecule has 0 aromatic heterocycles. The molecule has 5 rings (SSSR count). The van der Waals surface area contributed by atoms with Crippen LogP contribution in [0.15, 0.2) is 18.2 Å². The molecular weight excluding hydrogens is 360 g/mol. The smallest absolute Gasteiger partial charge is 0.251 e. The Morgan fingerprint density at radius 3 is 2.19 bits per heavy atom. The Morgan fingerprint density at radius 2 is 1.67 bits per heavy atom. The molecule has 4 bridgehead atoms. The van der Waals surface area contributed by atoms with Gasteiger partial charge in [0.25, 0.3) is 5.91 Å². The molecular formula is C21H30N2O3S. The number of carbonyl (C=O) groups is 1. The van der Waals surface area contributed by atoms with Gasteiger partial charge in [0.15, 0.2) is 0 Å². The number of benzene rings is 1. The third-order valence-corrected chi connectivity index (χ3v) is 7.74. The molecule has 4 aliphatic rings. The minimum Gasteiger partial charge on any atom is -0.349 e. The van der Waals surface area contributed by atoms with Gasteiger partial charge in [0.05, 0.1) is 11.9 Å². The second-order valence-electron chi connectivity index (χ2n) is 9.38. The summed E-state index contributed by atoms with van der Waals surface area (Å²) in [5.41, 5.74) is 2.02. The molecule has 27 heavy (non-hydrogen) atoms. The Labute approximate surface area is 162 Å². The molecule has 1 aromatic rings. The van der Waals surface area contributed by atoms with E-state index in [0.717, 1.165) is 29.6 Å². The largest absolute Gasteiger partial charge is 0.349 e. The molecule has 1 atom stereocenters. The van der Waals surface area contributed by atoms with Gasteiger partial charge < -0.3 is 5.32 Å². The number of hydrogen-bond donors (Lipinski definition) is 2. The van der Waals surface area contributed by atoms with Crippen LogP contribution in [0.4, 0.5) is 5.69 Å². The maximum atomic E-state index is 12.9. The zero-order valence-electron chi connectivity index (χ0n) is 16.4. The third-order valence-electron chi connectivity index (χ3n) is 7.15. The number of nitrogens with one attached hydrogen (secondary N) is 2. The molecule has 6 heteroatoms. The molecule has 0 spiro atoms. The van der Waals surface area contributed by atoms with Crippen molar-refractivity contribution in [1.29, 1.82) is 0 Å². The summed E-state index contributed by atoms with van der Waals surface area (Å²) in [5, 5.41) is 3.25. The SMILES string of the molecule is Cc1ccc(C(=O)NC(C)C23CC4CC(CC(C4)C2)C3)cc1NS(C)(=O)=O. The lowest BCUT2D eigenvalue weighted by Gasteiger charge is -2.59. The Kier molecular flexibility index (Phi) is 4.53. The first-order valence-electron chi connectivity index (χ1n) is 10.0. The Balaban J connectivity index is 1.50. The summed E-state index contributed by atoms with van der Waals surface area (Å²) in [6, 6.07) is 5.34. The molecule has 0 radical (unpaired) electrons. The van der Waals surface area contributed by atoms with Crippen molar-refractivity contribution < 1.29 is 13.2 Å². The Bertz CT molecular complexity index is 827. The first kappa shape index (κ1) is 18.8. The molecule has 4 aliphatic carbocycles. The summed E-state index contributed by atoms with van der Waals surface area (Å²) in [6.07, 6.45) is 9.02. The summed E-state index contributed by atoms with van der Waals surface area (Å²) in [6.45, 7) is 3.99. The maximum Gasteiger partial charge on any atom is 0.251 e. The van der Waals surface area contributed by atoms with Crippen LogP contribution in [-0.2, 0) is 10.0 Å². The summed E-state index contributed by atoms with van der Waals surface area (Å²) >= 11 is 0. The highest BCUT2D eigenvalue weighted by molar-refractivity contribution is 7.92. The topological polar surface area (TPSA) is 75.3 Å². The summed E-state index contributed by atoms with van der Waals surface area (Å²) in [7, 11) is -3.38. The Morgan fingerprint density at radius 1 is 1.11 bits per heavy atom. The van der Waals surface area contributed by atoms with Crippen molar-refractivity contribution >= 4 is 21.6 Å². The van der Waals surface area contributed by atoms with Crippen molar-refractivity contribution in [1.82, 2.24) is 5.32 Å². The standard InChI is InChI=1S/C21H30N2O3S/c1-13-4-5-18(9-19(13)23-27(3,25)26)20(24)22-14(2)21-10-15-6-16(11-21)8-17(7-15)12-21/h4-5,9,14-17,23H,6-8,10-12H2,1-3H3,(H,22,24). The molecule has 4 saturated carbocycles. The molecule has 4 fully saturated rings. The van der Waals surface area contributed by atoms with Crippen molar-refractivity contribution in [3.05, 3.63) is 29.3 Å². The highest BCUT2D eigenvalue weighted by atomic mass is 32.2. The molecule has 0 aliphatic heterocycles. The van der Waals surface area contributed by atoms with Gasteiger partial charge in [-0.15, -0.1) is 0 Å². The average molecular weight is 391 g/mol. The number of carbonyl (C=O) groups excluding carboxylic acids is 1. The normalized spacial score (nSPS) is 32.9.